The number of alkyl halides is 11. The number of rotatable bonds is 24. The van der Waals surface area contributed by atoms with Crippen molar-refractivity contribution in [2.75, 3.05) is 28.4 Å². The van der Waals surface area contributed by atoms with Gasteiger partial charge in [-0.15, -0.1) is 39.5 Å². The molecular weight excluding hydrogens is 1690 g/mol. The van der Waals surface area contributed by atoms with E-state index < -0.39 is 68.0 Å². The van der Waals surface area contributed by atoms with Crippen molar-refractivity contribution in [2.24, 2.45) is 0 Å². The number of fused-ring (bicyclic) bond motifs is 4. The maximum atomic E-state index is 14.6. The number of hydrogen-bond donors (Lipinski definition) is 4. The van der Waals surface area contributed by atoms with E-state index in [4.69, 9.17) is 18.9 Å². The highest BCUT2D eigenvalue weighted by molar-refractivity contribution is 6.02. The molecule has 16 rings (SSSR count). The molecule has 0 saturated heterocycles. The molecule has 20 nitrogen and oxygen atoms in total. The molecule has 0 aliphatic rings. The number of pyridine rings is 5. The molecule has 34 heteroatoms. The van der Waals surface area contributed by atoms with Gasteiger partial charge < -0.3 is 71.9 Å². The lowest BCUT2D eigenvalue weighted by atomic mass is 10.0. The van der Waals surface area contributed by atoms with Crippen LogP contribution in [-0.4, -0.2) is 111 Å². The molecule has 0 aliphatic carbocycles. The predicted molar refractivity (Wildman–Crippen MR) is 445 cm³/mol. The maximum absolute atomic E-state index is 14.6. The van der Waals surface area contributed by atoms with Gasteiger partial charge in [-0.1, -0.05) is 54.6 Å². The average molecular weight is 1760 g/mol. The zero-order chi connectivity index (χ0) is 90.8. The smallest absolute Gasteiger partial charge is 0.481 e. The van der Waals surface area contributed by atoms with Crippen molar-refractivity contribution in [2.45, 2.75) is 91.5 Å². The Morgan fingerprint density at radius 2 is 0.685 bits per heavy atom. The van der Waals surface area contributed by atoms with Gasteiger partial charge >= 0.3 is 19.1 Å². The highest BCUT2D eigenvalue weighted by Gasteiger charge is 2.35. The molecule has 127 heavy (non-hydrogen) atoms. The highest BCUT2D eigenvalue weighted by Crippen LogP contribution is 2.44. The molecule has 4 N–H and O–H groups in total. The fourth-order valence-electron chi connectivity index (χ4n) is 14.9. The summed E-state index contributed by atoms with van der Waals surface area (Å²) >= 11 is 0. The second-order valence-corrected chi connectivity index (χ2v) is 28.6. The van der Waals surface area contributed by atoms with Crippen LogP contribution >= 0.6 is 0 Å². The van der Waals surface area contributed by atoms with Crippen LogP contribution in [-0.2, 0) is 58.5 Å². The van der Waals surface area contributed by atoms with Gasteiger partial charge in [0.2, 0.25) is 23.5 Å². The van der Waals surface area contributed by atoms with E-state index in [1.807, 2.05) is 28.8 Å². The third-order valence-electron chi connectivity index (χ3n) is 20.4. The fourth-order valence-corrected chi connectivity index (χ4v) is 14.9. The summed E-state index contributed by atoms with van der Waals surface area (Å²) in [5.74, 6) is -3.80. The highest BCUT2D eigenvalue weighted by atomic mass is 19.4. The first-order chi connectivity index (χ1) is 60.7. The summed E-state index contributed by atoms with van der Waals surface area (Å²) in [6.07, 6.45) is -6.68. The molecule has 9 aromatic heterocycles. The Labute approximate surface area is 714 Å². The quantitative estimate of drug-likeness (QED) is 0.0412. The van der Waals surface area contributed by atoms with Crippen molar-refractivity contribution in [3.8, 4) is 85.3 Å². The molecule has 0 aliphatic heterocycles. The average Bonchev–Trinajstić information content (AvgIpc) is 1.62. The van der Waals surface area contributed by atoms with Gasteiger partial charge in [-0.3, -0.25) is 0 Å². The summed E-state index contributed by atoms with van der Waals surface area (Å²) in [4.78, 5) is 21.3. The Morgan fingerprint density at radius 3 is 1.02 bits per heavy atom. The minimum Gasteiger partial charge on any atom is -0.481 e. The first-order valence-electron chi connectivity index (χ1n) is 38.5. The van der Waals surface area contributed by atoms with Crippen LogP contribution in [0.5, 0.6) is 40.8 Å². The number of hydrogen-bond acceptors (Lipinski definition) is 16. The zero-order valence-electron chi connectivity index (χ0n) is 68.1. The van der Waals surface area contributed by atoms with Gasteiger partial charge in [-0.2, -0.15) is 0 Å². The van der Waals surface area contributed by atoms with Gasteiger partial charge in [-0.05, 0) is 157 Å². The van der Waals surface area contributed by atoms with Gasteiger partial charge in [0.1, 0.15) is 40.3 Å². The Kier molecular flexibility index (Phi) is 27.5. The van der Waals surface area contributed by atoms with E-state index in [1.165, 1.54) is 143 Å². The van der Waals surface area contributed by atoms with Crippen LogP contribution in [0.4, 0.5) is 61.5 Å². The molecule has 16 aromatic rings. The first kappa shape index (κ1) is 90.6. The number of ether oxygens (including phenoxy) is 7. The van der Waals surface area contributed by atoms with E-state index in [0.29, 0.717) is 136 Å². The molecule has 0 atom stereocenters. The van der Waals surface area contributed by atoms with Crippen LogP contribution in [0.3, 0.4) is 0 Å². The van der Waals surface area contributed by atoms with Crippen LogP contribution in [0.15, 0.2) is 237 Å². The van der Waals surface area contributed by atoms with Crippen molar-refractivity contribution in [1.29, 1.82) is 0 Å². The molecule has 0 unspecified atom stereocenters. The predicted octanol–water partition coefficient (Wildman–Crippen LogP) is 20.9. The summed E-state index contributed by atoms with van der Waals surface area (Å²) < 4.78 is 225. The number of halogens is 14. The minimum atomic E-state index is -4.89. The zero-order valence-corrected chi connectivity index (χ0v) is 68.1. The standard InChI is InChI=1S/C25H21F5N2O3.C24H20F4N2O3.C23H18F4N2O3.C21H18FN3O2/c1-24(26,27)17-5-3-4-15(10-17)13-32-20-8-7-18(35-25(28,29)30)11-19(20)23(21(32)14-33)16-6-9-22(34-2)31-12-16;1-14-3-4-16(19(25)9-14)12-30-20-7-6-17(33-24(26,27)28)10-18(20)23(21(30)13-31)15-5-8-22(32-2)29-11-15;1-31-21-8-5-15(11-28-21)22-18-10-17(32-23(25,26)27)6-7-19(18)29(20(22)13-30)12-14-3-2-4-16(24)9-14;1-27-19-8-7-15(11-24-19)20-17-6-3-9-23-21(17)25(18(20)13-26)12-14-4-2-5-16(22)10-14/h3-12,33H,13-14H2,1-2H3;3-11,31H,12-13H2,1-2H3;2-11,30H,12-13H2,1H3;2-11,26H,12-13H2,1H3. The molecule has 0 spiro atoms. The Bertz CT molecular complexity index is 6550. The number of aryl methyl sites for hydroxylation is 1. The van der Waals surface area contributed by atoms with Gasteiger partial charge in [0, 0.05) is 176 Å². The molecule has 0 fully saturated rings. The van der Waals surface area contributed by atoms with E-state index >= 15 is 0 Å². The Balaban J connectivity index is 0.000000145. The lowest BCUT2D eigenvalue weighted by molar-refractivity contribution is -0.275. The van der Waals surface area contributed by atoms with Crippen LogP contribution in [0.25, 0.3) is 88.2 Å². The van der Waals surface area contributed by atoms with E-state index in [-0.39, 0.29) is 43.4 Å². The monoisotopic (exact) mass is 1760 g/mol. The van der Waals surface area contributed by atoms with Gasteiger partial charge in [0.15, 0.2) is 0 Å². The van der Waals surface area contributed by atoms with Crippen LogP contribution in [0.1, 0.15) is 63.1 Å². The number of aliphatic hydroxyl groups is 4. The minimum absolute atomic E-state index is 0.0710. The molecule has 0 amide bonds. The van der Waals surface area contributed by atoms with Crippen LogP contribution in [0.2, 0.25) is 0 Å². The number of nitrogens with zero attached hydrogens (tertiary/aromatic N) is 9. The fraction of sp³-hybridized carbons (Fsp3) is 0.194. The molecule has 9 heterocycles. The van der Waals surface area contributed by atoms with Crippen LogP contribution in [0, 0.1) is 24.4 Å². The van der Waals surface area contributed by atoms with E-state index in [0.717, 1.165) is 40.2 Å². The molecule has 658 valence electrons. The van der Waals surface area contributed by atoms with Crippen LogP contribution < -0.4 is 33.2 Å². The molecule has 7 aromatic carbocycles. The van der Waals surface area contributed by atoms with Gasteiger partial charge in [-0.25, -0.2) is 46.9 Å². The summed E-state index contributed by atoms with van der Waals surface area (Å²) in [6.45, 7) is 1.88. The van der Waals surface area contributed by atoms with Crippen molar-refractivity contribution in [3.63, 3.8) is 0 Å². The second-order valence-electron chi connectivity index (χ2n) is 28.6. The largest absolute Gasteiger partial charge is 0.573 e. The SMILES string of the molecule is COc1ccc(-c2c(CO)n(Cc3ccc(C)cc3F)c3ccc(OC(F)(F)F)cc23)cn1.COc1ccc(-c2c(CO)n(Cc3cccc(C(C)(F)F)c3)c3ccc(OC(F)(F)F)cc23)cn1.COc1ccc(-c2c(CO)n(Cc3cccc(F)c3)c3ccc(OC(F)(F)F)cc23)cn1.COc1ccc(-c2c(CO)n(Cc3cccc(F)c3)c3ncccc23)cn1. The number of benzene rings is 7. The summed E-state index contributed by atoms with van der Waals surface area (Å²) in [6, 6.07) is 52.1. The topological polar surface area (TPSA) is 230 Å². The molecule has 0 radical (unpaired) electrons. The third kappa shape index (κ3) is 21.3. The van der Waals surface area contributed by atoms with Crippen molar-refractivity contribution in [3.05, 3.63) is 311 Å². The lowest BCUT2D eigenvalue weighted by Gasteiger charge is -2.14. The summed E-state index contributed by atoms with van der Waals surface area (Å²) in [5, 5.41) is 43.0. The normalized spacial score (nSPS) is 11.7. The van der Waals surface area contributed by atoms with Crippen molar-refractivity contribution < 1.29 is 115 Å². The molecule has 0 bridgehead atoms. The molecule has 0 saturated carbocycles. The second kappa shape index (κ2) is 38.6. The van der Waals surface area contributed by atoms with E-state index in [1.54, 1.807) is 119 Å². The van der Waals surface area contributed by atoms with Gasteiger partial charge in [0.25, 0.3) is 5.92 Å². The van der Waals surface area contributed by atoms with E-state index in [9.17, 15) is 81.9 Å². The van der Waals surface area contributed by atoms with E-state index in [2.05, 4.69) is 39.1 Å². The summed E-state index contributed by atoms with van der Waals surface area (Å²) in [7, 11) is 5.94. The maximum Gasteiger partial charge on any atom is 0.573 e. The van der Waals surface area contributed by atoms with Gasteiger partial charge in [0.05, 0.1) is 84.2 Å². The Morgan fingerprint density at radius 1 is 0.339 bits per heavy atom. The number of methoxy groups -OCH3 is 4. The number of aromatic nitrogens is 9. The Hall–Kier alpha value is -14.1. The van der Waals surface area contributed by atoms with Crippen molar-refractivity contribution in [1.82, 2.24) is 43.2 Å². The number of aliphatic hydroxyl groups excluding tert-OH is 4. The third-order valence-corrected chi connectivity index (χ3v) is 20.4. The molecular formula is C93H77F14N9O11. The summed E-state index contributed by atoms with van der Waals surface area (Å²) in [5.41, 5.74) is 12.0. The lowest BCUT2D eigenvalue weighted by Crippen LogP contribution is -2.17. The van der Waals surface area contributed by atoms with Crippen molar-refractivity contribution >= 4 is 43.7 Å². The first-order valence-corrected chi connectivity index (χ1v) is 38.5.